The van der Waals surface area contributed by atoms with E-state index in [1.54, 1.807) is 0 Å². The molecule has 1 N–H and O–H groups in total. The number of rotatable bonds is 5. The lowest BCUT2D eigenvalue weighted by atomic mass is 10.1. The third kappa shape index (κ3) is 3.72. The second kappa shape index (κ2) is 6.60. The van der Waals surface area contributed by atoms with Crippen LogP contribution in [-0.2, 0) is 6.61 Å². The first-order chi connectivity index (χ1) is 9.20. The molecular formula is C16H17ClO2. The van der Waals surface area contributed by atoms with Crippen LogP contribution in [0, 0.1) is 0 Å². The Bertz CT molecular complexity index is 523. The Kier molecular flexibility index (Phi) is 4.83. The minimum Gasteiger partial charge on any atom is -0.489 e. The van der Waals surface area contributed by atoms with Crippen molar-refractivity contribution < 1.29 is 9.84 Å². The van der Waals surface area contributed by atoms with Crippen LogP contribution in [0.2, 0.25) is 5.02 Å². The molecule has 2 rings (SSSR count). The van der Waals surface area contributed by atoms with E-state index in [-0.39, 0.29) is 0 Å². The third-order valence-corrected chi connectivity index (χ3v) is 3.22. The molecule has 0 saturated heterocycles. The number of aliphatic hydroxyl groups excluding tert-OH is 1. The molecule has 2 aromatic carbocycles. The lowest BCUT2D eigenvalue weighted by molar-refractivity contribution is 0.166. The van der Waals surface area contributed by atoms with Crippen LogP contribution in [0.15, 0.2) is 48.5 Å². The number of ether oxygens (including phenoxy) is 1. The highest BCUT2D eigenvalue weighted by atomic mass is 35.5. The van der Waals surface area contributed by atoms with Gasteiger partial charge < -0.3 is 9.84 Å². The van der Waals surface area contributed by atoms with Crippen LogP contribution in [0.25, 0.3) is 0 Å². The monoisotopic (exact) mass is 276 g/mol. The van der Waals surface area contributed by atoms with Crippen molar-refractivity contribution in [1.29, 1.82) is 0 Å². The van der Waals surface area contributed by atoms with Gasteiger partial charge in [-0.05, 0) is 30.2 Å². The van der Waals surface area contributed by atoms with E-state index in [1.807, 2.05) is 55.5 Å². The minimum atomic E-state index is -0.485. The fourth-order valence-electron chi connectivity index (χ4n) is 1.85. The molecule has 0 aromatic heterocycles. The largest absolute Gasteiger partial charge is 0.489 e. The summed E-state index contributed by atoms with van der Waals surface area (Å²) in [6.45, 7) is 2.41. The van der Waals surface area contributed by atoms with E-state index in [2.05, 4.69) is 0 Å². The SMILES string of the molecule is CC[C@H](O)c1ccccc1OCc1ccc(Cl)cc1. The number of halogens is 1. The molecule has 0 unspecified atom stereocenters. The average Bonchev–Trinajstić information content (AvgIpc) is 2.46. The molecule has 2 nitrogen and oxygen atoms in total. The van der Waals surface area contributed by atoms with Gasteiger partial charge in [0.2, 0.25) is 0 Å². The van der Waals surface area contributed by atoms with E-state index in [1.165, 1.54) is 0 Å². The summed E-state index contributed by atoms with van der Waals surface area (Å²) in [5, 5.41) is 10.7. The normalized spacial score (nSPS) is 12.2. The fraction of sp³-hybridized carbons (Fsp3) is 0.250. The van der Waals surface area contributed by atoms with Crippen molar-refractivity contribution in [3.05, 3.63) is 64.7 Å². The highest BCUT2D eigenvalue weighted by Crippen LogP contribution is 2.27. The molecule has 0 radical (unpaired) electrons. The molecule has 0 fully saturated rings. The standard InChI is InChI=1S/C16H17ClO2/c1-2-15(18)14-5-3-4-6-16(14)19-11-12-7-9-13(17)10-8-12/h3-10,15,18H,2,11H2,1H3/t15-/m0/s1. The molecular weight excluding hydrogens is 260 g/mol. The van der Waals surface area contributed by atoms with E-state index >= 15 is 0 Å². The molecule has 0 spiro atoms. The summed E-state index contributed by atoms with van der Waals surface area (Å²) in [7, 11) is 0. The van der Waals surface area contributed by atoms with Crippen LogP contribution in [0.5, 0.6) is 5.75 Å². The Morgan fingerprint density at radius 2 is 1.79 bits per heavy atom. The number of aliphatic hydroxyl groups is 1. The highest BCUT2D eigenvalue weighted by molar-refractivity contribution is 6.30. The average molecular weight is 277 g/mol. The molecule has 0 heterocycles. The summed E-state index contributed by atoms with van der Waals surface area (Å²) in [4.78, 5) is 0. The first kappa shape index (κ1) is 13.9. The van der Waals surface area contributed by atoms with Gasteiger partial charge in [0.05, 0.1) is 6.10 Å². The number of benzene rings is 2. The Morgan fingerprint density at radius 3 is 2.47 bits per heavy atom. The quantitative estimate of drug-likeness (QED) is 0.879. The van der Waals surface area contributed by atoms with E-state index < -0.39 is 6.10 Å². The van der Waals surface area contributed by atoms with Gasteiger partial charge in [0, 0.05) is 10.6 Å². The summed E-state index contributed by atoms with van der Waals surface area (Å²) in [5.74, 6) is 0.729. The van der Waals surface area contributed by atoms with E-state index in [4.69, 9.17) is 16.3 Å². The maximum atomic E-state index is 9.95. The smallest absolute Gasteiger partial charge is 0.125 e. The molecule has 1 atom stereocenters. The second-order valence-corrected chi connectivity index (χ2v) is 4.81. The maximum Gasteiger partial charge on any atom is 0.125 e. The van der Waals surface area contributed by atoms with Crippen LogP contribution in [0.4, 0.5) is 0 Å². The van der Waals surface area contributed by atoms with E-state index in [9.17, 15) is 5.11 Å². The zero-order valence-corrected chi connectivity index (χ0v) is 11.6. The Balaban J connectivity index is 2.09. The number of hydrogen-bond acceptors (Lipinski definition) is 2. The van der Waals surface area contributed by atoms with Crippen molar-refractivity contribution >= 4 is 11.6 Å². The first-order valence-electron chi connectivity index (χ1n) is 6.35. The van der Waals surface area contributed by atoms with E-state index in [0.29, 0.717) is 18.1 Å². The van der Waals surface area contributed by atoms with Crippen LogP contribution >= 0.6 is 11.6 Å². The highest BCUT2D eigenvalue weighted by Gasteiger charge is 2.10. The summed E-state index contributed by atoms with van der Waals surface area (Å²) >= 11 is 5.84. The van der Waals surface area contributed by atoms with Gasteiger partial charge in [-0.25, -0.2) is 0 Å². The van der Waals surface area contributed by atoms with Gasteiger partial charge in [0.15, 0.2) is 0 Å². The molecule has 3 heteroatoms. The first-order valence-corrected chi connectivity index (χ1v) is 6.72. The van der Waals surface area contributed by atoms with Gasteiger partial charge in [-0.3, -0.25) is 0 Å². The van der Waals surface area contributed by atoms with Gasteiger partial charge in [0.25, 0.3) is 0 Å². The van der Waals surface area contributed by atoms with E-state index in [0.717, 1.165) is 16.9 Å². The molecule has 2 aromatic rings. The molecule has 0 aliphatic heterocycles. The minimum absolute atomic E-state index is 0.463. The molecule has 100 valence electrons. The number of hydrogen-bond donors (Lipinski definition) is 1. The Labute approximate surface area is 118 Å². The predicted molar refractivity (Wildman–Crippen MR) is 77.5 cm³/mol. The maximum absolute atomic E-state index is 9.95. The summed E-state index contributed by atoms with van der Waals surface area (Å²) in [5.41, 5.74) is 1.88. The van der Waals surface area contributed by atoms with Gasteiger partial charge in [-0.2, -0.15) is 0 Å². The van der Waals surface area contributed by atoms with Crippen molar-refractivity contribution in [3.63, 3.8) is 0 Å². The zero-order valence-electron chi connectivity index (χ0n) is 10.8. The molecule has 0 saturated carbocycles. The van der Waals surface area contributed by atoms with Crippen molar-refractivity contribution in [3.8, 4) is 5.75 Å². The molecule has 0 aliphatic carbocycles. The molecule has 0 amide bonds. The fourth-order valence-corrected chi connectivity index (χ4v) is 1.97. The van der Waals surface area contributed by atoms with Gasteiger partial charge in [-0.1, -0.05) is 48.9 Å². The van der Waals surface area contributed by atoms with Crippen molar-refractivity contribution in [1.82, 2.24) is 0 Å². The molecule has 19 heavy (non-hydrogen) atoms. The Hall–Kier alpha value is -1.51. The summed E-state index contributed by atoms with van der Waals surface area (Å²) in [6.07, 6.45) is 0.183. The van der Waals surface area contributed by atoms with Crippen molar-refractivity contribution in [2.24, 2.45) is 0 Å². The van der Waals surface area contributed by atoms with Gasteiger partial charge in [0.1, 0.15) is 12.4 Å². The second-order valence-electron chi connectivity index (χ2n) is 4.38. The summed E-state index contributed by atoms with van der Waals surface area (Å²) in [6, 6.07) is 15.1. The zero-order chi connectivity index (χ0) is 13.7. The lowest BCUT2D eigenvalue weighted by Crippen LogP contribution is -2.02. The summed E-state index contributed by atoms with van der Waals surface area (Å²) < 4.78 is 5.78. The van der Waals surface area contributed by atoms with Crippen LogP contribution in [0.1, 0.15) is 30.6 Å². The molecule has 0 bridgehead atoms. The third-order valence-electron chi connectivity index (χ3n) is 2.97. The lowest BCUT2D eigenvalue weighted by Gasteiger charge is -2.15. The topological polar surface area (TPSA) is 29.5 Å². The Morgan fingerprint density at radius 1 is 1.11 bits per heavy atom. The number of para-hydroxylation sites is 1. The van der Waals surface area contributed by atoms with Crippen LogP contribution in [0.3, 0.4) is 0 Å². The predicted octanol–water partition coefficient (Wildman–Crippen LogP) is 4.36. The van der Waals surface area contributed by atoms with Crippen LogP contribution < -0.4 is 4.74 Å². The molecule has 0 aliphatic rings. The van der Waals surface area contributed by atoms with Crippen molar-refractivity contribution in [2.75, 3.05) is 0 Å². The van der Waals surface area contributed by atoms with Crippen molar-refractivity contribution in [2.45, 2.75) is 26.1 Å². The van der Waals surface area contributed by atoms with Gasteiger partial charge >= 0.3 is 0 Å². The van der Waals surface area contributed by atoms with Gasteiger partial charge in [-0.15, -0.1) is 0 Å². The van der Waals surface area contributed by atoms with Crippen LogP contribution in [-0.4, -0.2) is 5.11 Å².